The average Bonchev–Trinajstić information content (AvgIpc) is 2.61. The van der Waals surface area contributed by atoms with Gasteiger partial charge in [0.2, 0.25) is 0 Å². The molecule has 1 heterocycles. The highest BCUT2D eigenvalue weighted by Gasteiger charge is 2.22. The molecule has 132 valence electrons. The van der Waals surface area contributed by atoms with Gasteiger partial charge in [-0.2, -0.15) is 0 Å². The van der Waals surface area contributed by atoms with Crippen LogP contribution in [0.15, 0.2) is 41.2 Å². The van der Waals surface area contributed by atoms with E-state index in [0.717, 1.165) is 31.3 Å². The van der Waals surface area contributed by atoms with E-state index in [-0.39, 0.29) is 17.6 Å². The Balaban J connectivity index is 2.38. The Morgan fingerprint density at radius 3 is 2.32 bits per heavy atom. The minimum atomic E-state index is -0.160. The van der Waals surface area contributed by atoms with Crippen molar-refractivity contribution in [2.75, 3.05) is 13.2 Å². The van der Waals surface area contributed by atoms with Gasteiger partial charge in [-0.1, -0.05) is 18.2 Å². The first-order valence-electron chi connectivity index (χ1n) is 8.80. The summed E-state index contributed by atoms with van der Waals surface area (Å²) in [5.41, 5.74) is 2.08. The molecule has 0 saturated carbocycles. The first kappa shape index (κ1) is 18.1. The van der Waals surface area contributed by atoms with Gasteiger partial charge in [-0.15, -0.1) is 11.3 Å². The summed E-state index contributed by atoms with van der Waals surface area (Å²) in [5, 5.41) is 1.54. The predicted molar refractivity (Wildman–Crippen MR) is 106 cm³/mol. The highest BCUT2D eigenvalue weighted by Crippen LogP contribution is 2.36. The van der Waals surface area contributed by atoms with Crippen molar-refractivity contribution in [1.29, 1.82) is 0 Å². The Labute approximate surface area is 152 Å². The lowest BCUT2D eigenvalue weighted by atomic mass is 9.95. The maximum atomic E-state index is 13.3. The van der Waals surface area contributed by atoms with Gasteiger partial charge in [-0.3, -0.25) is 4.79 Å². The van der Waals surface area contributed by atoms with Crippen LogP contribution in [0.4, 0.5) is 0 Å². The van der Waals surface area contributed by atoms with Gasteiger partial charge in [0.25, 0.3) is 0 Å². The molecule has 0 aliphatic rings. The molecule has 4 heteroatoms. The fourth-order valence-electron chi connectivity index (χ4n) is 3.40. The van der Waals surface area contributed by atoms with E-state index < -0.39 is 0 Å². The Bertz CT molecular complexity index is 945. The highest BCUT2D eigenvalue weighted by molar-refractivity contribution is 7.24. The van der Waals surface area contributed by atoms with Gasteiger partial charge in [-0.25, -0.2) is 0 Å². The summed E-state index contributed by atoms with van der Waals surface area (Å²) < 4.78 is 13.7. The van der Waals surface area contributed by atoms with E-state index in [1.54, 1.807) is 11.3 Å². The number of benzene rings is 2. The van der Waals surface area contributed by atoms with Crippen molar-refractivity contribution in [3.8, 4) is 0 Å². The molecule has 0 saturated heterocycles. The molecule has 3 aromatic rings. The lowest BCUT2D eigenvalue weighted by molar-refractivity contribution is 0.0605. The smallest absolute Gasteiger partial charge is 0.196 e. The van der Waals surface area contributed by atoms with E-state index in [1.165, 1.54) is 0 Å². The van der Waals surface area contributed by atoms with Crippen molar-refractivity contribution >= 4 is 31.5 Å². The molecular formula is C21H24O3S. The fourth-order valence-corrected chi connectivity index (χ4v) is 4.49. The lowest BCUT2D eigenvalue weighted by Crippen LogP contribution is -2.13. The number of hydrogen-bond acceptors (Lipinski definition) is 4. The van der Waals surface area contributed by atoms with Crippen LogP contribution in [0.25, 0.3) is 20.2 Å². The first-order chi connectivity index (χ1) is 12.1. The van der Waals surface area contributed by atoms with Crippen molar-refractivity contribution in [2.24, 2.45) is 0 Å². The molecule has 25 heavy (non-hydrogen) atoms. The van der Waals surface area contributed by atoms with Crippen LogP contribution >= 0.6 is 11.3 Å². The number of rotatable bonds is 6. The third-order valence-electron chi connectivity index (χ3n) is 4.50. The minimum Gasteiger partial charge on any atom is -0.374 e. The Morgan fingerprint density at radius 1 is 0.920 bits per heavy atom. The van der Waals surface area contributed by atoms with Gasteiger partial charge in [0.05, 0.1) is 12.2 Å². The van der Waals surface area contributed by atoms with Crippen LogP contribution in [0.3, 0.4) is 0 Å². The molecule has 0 amide bonds. The van der Waals surface area contributed by atoms with Crippen LogP contribution in [0, 0.1) is 0 Å². The van der Waals surface area contributed by atoms with Gasteiger partial charge in [0.1, 0.15) is 0 Å². The summed E-state index contributed by atoms with van der Waals surface area (Å²) in [5.74, 6) is 0. The van der Waals surface area contributed by atoms with Crippen molar-refractivity contribution in [3.63, 3.8) is 0 Å². The molecule has 2 aromatic carbocycles. The Hall–Kier alpha value is -1.75. The second-order valence-corrected chi connectivity index (χ2v) is 7.15. The maximum absolute atomic E-state index is 13.3. The molecule has 2 unspecified atom stereocenters. The van der Waals surface area contributed by atoms with Gasteiger partial charge < -0.3 is 9.47 Å². The third-order valence-corrected chi connectivity index (χ3v) is 5.63. The van der Waals surface area contributed by atoms with Gasteiger partial charge >= 0.3 is 0 Å². The number of hydrogen-bond donors (Lipinski definition) is 0. The first-order valence-corrected chi connectivity index (χ1v) is 9.61. The van der Waals surface area contributed by atoms with Crippen molar-refractivity contribution in [1.82, 2.24) is 0 Å². The van der Waals surface area contributed by atoms with E-state index >= 15 is 0 Å². The summed E-state index contributed by atoms with van der Waals surface area (Å²) in [4.78, 5) is 13.3. The van der Waals surface area contributed by atoms with E-state index in [2.05, 4.69) is 6.07 Å². The molecule has 0 bridgehead atoms. The second-order valence-electron chi connectivity index (χ2n) is 6.06. The Morgan fingerprint density at radius 2 is 1.60 bits per heavy atom. The molecule has 3 rings (SSSR count). The summed E-state index contributed by atoms with van der Waals surface area (Å²) in [6, 6.07) is 11.9. The zero-order valence-corrected chi connectivity index (χ0v) is 16.0. The lowest BCUT2D eigenvalue weighted by Gasteiger charge is -2.22. The fraction of sp³-hybridized carbons (Fsp3) is 0.381. The monoisotopic (exact) mass is 356 g/mol. The number of fused-ring (bicyclic) bond motifs is 2. The van der Waals surface area contributed by atoms with Crippen LogP contribution < -0.4 is 5.43 Å². The molecule has 0 N–H and O–H groups in total. The summed E-state index contributed by atoms with van der Waals surface area (Å²) in [6.45, 7) is 9.24. The van der Waals surface area contributed by atoms with Crippen LogP contribution in [0.1, 0.15) is 51.0 Å². The van der Waals surface area contributed by atoms with Gasteiger partial charge in [0.15, 0.2) is 5.43 Å². The van der Waals surface area contributed by atoms with E-state index in [9.17, 15) is 4.79 Å². The van der Waals surface area contributed by atoms with Crippen molar-refractivity contribution in [3.05, 3.63) is 57.7 Å². The second kappa shape index (κ2) is 7.65. The molecule has 0 spiro atoms. The van der Waals surface area contributed by atoms with Crippen LogP contribution in [0.5, 0.6) is 0 Å². The topological polar surface area (TPSA) is 35.5 Å². The summed E-state index contributed by atoms with van der Waals surface area (Å²) in [6.07, 6.45) is -0.240. The zero-order valence-electron chi connectivity index (χ0n) is 15.2. The van der Waals surface area contributed by atoms with E-state index in [1.807, 2.05) is 58.0 Å². The third kappa shape index (κ3) is 3.34. The highest BCUT2D eigenvalue weighted by atomic mass is 32.1. The van der Waals surface area contributed by atoms with Crippen LogP contribution in [-0.2, 0) is 9.47 Å². The molecule has 1 aromatic heterocycles. The molecule has 2 atom stereocenters. The predicted octanol–water partition coefficient (Wildman–Crippen LogP) is 5.61. The standard InChI is InChI=1S/C21H24O3S/c1-5-23-13(3)15-11-12-18-20(19(15)14(4)24-6-2)21(22)16-9-7-8-10-17(16)25-18/h7-14H,5-6H2,1-4H3. The quantitative estimate of drug-likeness (QED) is 0.539. The van der Waals surface area contributed by atoms with Crippen LogP contribution in [0.2, 0.25) is 0 Å². The molecule has 3 nitrogen and oxygen atoms in total. The van der Waals surface area contributed by atoms with Gasteiger partial charge in [0, 0.05) is 33.4 Å². The van der Waals surface area contributed by atoms with Gasteiger partial charge in [-0.05, 0) is 57.0 Å². The molecule has 0 aliphatic heterocycles. The molecule has 0 radical (unpaired) electrons. The number of ether oxygens (including phenoxy) is 2. The SMILES string of the molecule is CCOC(C)c1ccc2sc3ccccc3c(=O)c2c1C(C)OCC. The molecule has 0 aliphatic carbocycles. The normalized spacial score (nSPS) is 14.1. The summed E-state index contributed by atoms with van der Waals surface area (Å²) in [7, 11) is 0. The Kier molecular flexibility index (Phi) is 5.52. The largest absolute Gasteiger partial charge is 0.374 e. The average molecular weight is 356 g/mol. The van der Waals surface area contributed by atoms with Crippen molar-refractivity contribution < 1.29 is 9.47 Å². The maximum Gasteiger partial charge on any atom is 0.196 e. The van der Waals surface area contributed by atoms with E-state index in [0.29, 0.717) is 13.2 Å². The van der Waals surface area contributed by atoms with Crippen molar-refractivity contribution in [2.45, 2.75) is 39.9 Å². The molecular weight excluding hydrogens is 332 g/mol. The van der Waals surface area contributed by atoms with Crippen LogP contribution in [-0.4, -0.2) is 13.2 Å². The summed E-state index contributed by atoms with van der Waals surface area (Å²) >= 11 is 1.65. The molecule has 0 fully saturated rings. The van der Waals surface area contributed by atoms with E-state index in [4.69, 9.17) is 9.47 Å². The zero-order chi connectivity index (χ0) is 18.0. The minimum absolute atomic E-state index is 0.0800.